The first kappa shape index (κ1) is 13.9. The van der Waals surface area contributed by atoms with Gasteiger partial charge in [0.15, 0.2) is 0 Å². The van der Waals surface area contributed by atoms with Gasteiger partial charge >= 0.3 is 0 Å². The highest BCUT2D eigenvalue weighted by Gasteiger charge is 2.14. The summed E-state index contributed by atoms with van der Waals surface area (Å²) in [5.41, 5.74) is 2.41. The molecule has 0 amide bonds. The maximum Gasteiger partial charge on any atom is 0.235 e. The molecule has 0 spiro atoms. The number of aromatic nitrogens is 2. The second kappa shape index (κ2) is 6.61. The van der Waals surface area contributed by atoms with Crippen LogP contribution in [-0.4, -0.2) is 23.3 Å². The molecule has 0 aliphatic carbocycles. The van der Waals surface area contributed by atoms with Gasteiger partial charge in [-0.15, -0.1) is 10.2 Å². The number of nitrogens with one attached hydrogen (secondary N) is 1. The van der Waals surface area contributed by atoms with Crippen molar-refractivity contribution in [3.63, 3.8) is 0 Å². The second-order valence-corrected chi connectivity index (χ2v) is 5.36. The molecule has 1 aromatic heterocycles. The number of nitrogens with zero attached hydrogens (tertiary/aromatic N) is 3. The Morgan fingerprint density at radius 1 is 1.10 bits per heavy atom. The molecule has 5 heteroatoms. The number of anilines is 2. The molecule has 2 heterocycles. The fraction of sp³-hybridized carbons (Fsp3) is 0.500. The summed E-state index contributed by atoms with van der Waals surface area (Å²) in [7, 11) is 0. The number of rotatable bonds is 5. The Balaban J connectivity index is 1.69. The normalized spacial score (nSPS) is 15.2. The lowest BCUT2D eigenvalue weighted by Gasteiger charge is -2.30. The van der Waals surface area contributed by atoms with E-state index in [0.29, 0.717) is 18.3 Å². The average molecular weight is 286 g/mol. The van der Waals surface area contributed by atoms with Crippen LogP contribution in [-0.2, 0) is 13.0 Å². The van der Waals surface area contributed by atoms with Crippen LogP contribution >= 0.6 is 0 Å². The molecular weight excluding hydrogens is 264 g/mol. The summed E-state index contributed by atoms with van der Waals surface area (Å²) in [5, 5.41) is 11.5. The van der Waals surface area contributed by atoms with Gasteiger partial charge in [0.1, 0.15) is 0 Å². The van der Waals surface area contributed by atoms with E-state index in [9.17, 15) is 0 Å². The van der Waals surface area contributed by atoms with Crippen LogP contribution in [0.4, 0.5) is 11.4 Å². The summed E-state index contributed by atoms with van der Waals surface area (Å²) in [4.78, 5) is 2.46. The fourth-order valence-corrected chi connectivity index (χ4v) is 2.71. The van der Waals surface area contributed by atoms with Gasteiger partial charge in [0, 0.05) is 19.5 Å². The number of hydrogen-bond acceptors (Lipinski definition) is 5. The molecule has 0 bridgehead atoms. The zero-order valence-electron chi connectivity index (χ0n) is 12.5. The van der Waals surface area contributed by atoms with Gasteiger partial charge in [-0.1, -0.05) is 19.1 Å². The maximum absolute atomic E-state index is 5.54. The van der Waals surface area contributed by atoms with Crippen LogP contribution in [0.2, 0.25) is 0 Å². The van der Waals surface area contributed by atoms with E-state index in [-0.39, 0.29) is 0 Å². The van der Waals surface area contributed by atoms with E-state index < -0.39 is 0 Å². The largest absolute Gasteiger partial charge is 0.423 e. The van der Waals surface area contributed by atoms with E-state index in [2.05, 4.69) is 44.7 Å². The van der Waals surface area contributed by atoms with Gasteiger partial charge < -0.3 is 14.6 Å². The molecule has 1 saturated heterocycles. The third-order valence-corrected chi connectivity index (χ3v) is 3.84. The number of benzene rings is 1. The van der Waals surface area contributed by atoms with Crippen molar-refractivity contribution in [1.82, 2.24) is 10.2 Å². The van der Waals surface area contributed by atoms with Crippen LogP contribution in [0, 0.1) is 0 Å². The van der Waals surface area contributed by atoms with Crippen LogP contribution in [0.5, 0.6) is 0 Å². The van der Waals surface area contributed by atoms with Gasteiger partial charge in [-0.25, -0.2) is 0 Å². The molecule has 21 heavy (non-hydrogen) atoms. The SMILES string of the molecule is CCc1nnc(CNc2ccccc2N2CCCCC2)o1. The van der Waals surface area contributed by atoms with Crippen molar-refractivity contribution in [3.8, 4) is 0 Å². The van der Waals surface area contributed by atoms with Gasteiger partial charge in [0.25, 0.3) is 0 Å². The topological polar surface area (TPSA) is 54.2 Å². The molecule has 2 aromatic rings. The molecule has 5 nitrogen and oxygen atoms in total. The molecule has 1 N–H and O–H groups in total. The Morgan fingerprint density at radius 3 is 2.62 bits per heavy atom. The summed E-state index contributed by atoms with van der Waals surface area (Å²) in [6, 6.07) is 8.44. The van der Waals surface area contributed by atoms with Gasteiger partial charge in [0.2, 0.25) is 11.8 Å². The Kier molecular flexibility index (Phi) is 4.38. The average Bonchev–Trinajstić information content (AvgIpc) is 3.02. The van der Waals surface area contributed by atoms with Crippen LogP contribution < -0.4 is 10.2 Å². The minimum Gasteiger partial charge on any atom is -0.423 e. The first-order chi connectivity index (χ1) is 10.4. The van der Waals surface area contributed by atoms with E-state index >= 15 is 0 Å². The third-order valence-electron chi connectivity index (χ3n) is 3.84. The van der Waals surface area contributed by atoms with E-state index in [1.165, 1.54) is 24.9 Å². The van der Waals surface area contributed by atoms with E-state index in [4.69, 9.17) is 4.42 Å². The van der Waals surface area contributed by atoms with Crippen molar-refractivity contribution >= 4 is 11.4 Å². The van der Waals surface area contributed by atoms with Crippen molar-refractivity contribution in [2.75, 3.05) is 23.3 Å². The summed E-state index contributed by atoms with van der Waals surface area (Å²) in [6.45, 7) is 4.85. The summed E-state index contributed by atoms with van der Waals surface area (Å²) < 4.78 is 5.54. The van der Waals surface area contributed by atoms with E-state index in [1.54, 1.807) is 0 Å². The third kappa shape index (κ3) is 3.35. The zero-order chi connectivity index (χ0) is 14.5. The molecule has 1 aliphatic rings. The van der Waals surface area contributed by atoms with Gasteiger partial charge in [-0.2, -0.15) is 0 Å². The van der Waals surface area contributed by atoms with Crippen molar-refractivity contribution < 1.29 is 4.42 Å². The molecule has 0 unspecified atom stereocenters. The first-order valence-electron chi connectivity index (χ1n) is 7.76. The fourth-order valence-electron chi connectivity index (χ4n) is 2.71. The lowest BCUT2D eigenvalue weighted by molar-refractivity contribution is 0.460. The lowest BCUT2D eigenvalue weighted by Crippen LogP contribution is -2.30. The molecule has 1 aliphatic heterocycles. The number of hydrogen-bond donors (Lipinski definition) is 1. The monoisotopic (exact) mass is 286 g/mol. The quantitative estimate of drug-likeness (QED) is 0.914. The predicted molar refractivity (Wildman–Crippen MR) is 83.5 cm³/mol. The van der Waals surface area contributed by atoms with E-state index in [1.807, 2.05) is 6.92 Å². The molecule has 0 radical (unpaired) electrons. The zero-order valence-corrected chi connectivity index (χ0v) is 12.5. The van der Waals surface area contributed by atoms with Gasteiger partial charge in [-0.3, -0.25) is 0 Å². The standard InChI is InChI=1S/C16H22N4O/c1-2-15-18-19-16(21-15)12-17-13-8-4-5-9-14(13)20-10-6-3-7-11-20/h4-5,8-9,17H,2-3,6-7,10-12H2,1H3. The van der Waals surface area contributed by atoms with Crippen molar-refractivity contribution in [1.29, 1.82) is 0 Å². The highest BCUT2D eigenvalue weighted by molar-refractivity contribution is 5.70. The van der Waals surface area contributed by atoms with Crippen LogP contribution in [0.1, 0.15) is 38.0 Å². The summed E-state index contributed by atoms with van der Waals surface area (Å²) >= 11 is 0. The molecular formula is C16H22N4O. The Hall–Kier alpha value is -2.04. The van der Waals surface area contributed by atoms with Gasteiger partial charge in [0.05, 0.1) is 17.9 Å². The number of para-hydroxylation sites is 2. The van der Waals surface area contributed by atoms with Crippen LogP contribution in [0.15, 0.2) is 28.7 Å². The molecule has 1 fully saturated rings. The molecule has 112 valence electrons. The predicted octanol–water partition coefficient (Wildman–Crippen LogP) is 3.23. The summed E-state index contributed by atoms with van der Waals surface area (Å²) in [5.74, 6) is 1.33. The van der Waals surface area contributed by atoms with E-state index in [0.717, 1.165) is 25.2 Å². The van der Waals surface area contributed by atoms with Crippen molar-refractivity contribution in [2.24, 2.45) is 0 Å². The Bertz CT molecular complexity index is 575. The highest BCUT2D eigenvalue weighted by atomic mass is 16.4. The van der Waals surface area contributed by atoms with Crippen LogP contribution in [0.25, 0.3) is 0 Å². The minimum absolute atomic E-state index is 0.567. The molecule has 3 rings (SSSR count). The summed E-state index contributed by atoms with van der Waals surface area (Å²) in [6.07, 6.45) is 4.67. The first-order valence-corrected chi connectivity index (χ1v) is 7.76. The maximum atomic E-state index is 5.54. The molecule has 1 aromatic carbocycles. The van der Waals surface area contributed by atoms with Crippen molar-refractivity contribution in [3.05, 3.63) is 36.0 Å². The number of piperidine rings is 1. The van der Waals surface area contributed by atoms with Crippen molar-refractivity contribution in [2.45, 2.75) is 39.2 Å². The number of aryl methyl sites for hydroxylation is 1. The lowest BCUT2D eigenvalue weighted by atomic mass is 10.1. The Labute approximate surface area is 125 Å². The van der Waals surface area contributed by atoms with Crippen LogP contribution in [0.3, 0.4) is 0 Å². The molecule has 0 atom stereocenters. The smallest absolute Gasteiger partial charge is 0.235 e. The van der Waals surface area contributed by atoms with Gasteiger partial charge in [-0.05, 0) is 31.4 Å². The molecule has 0 saturated carbocycles. The highest BCUT2D eigenvalue weighted by Crippen LogP contribution is 2.28. The second-order valence-electron chi connectivity index (χ2n) is 5.36. The minimum atomic E-state index is 0.567. The Morgan fingerprint density at radius 2 is 1.86 bits per heavy atom.